The largest absolute Gasteiger partial charge is 0.326 e. The highest BCUT2D eigenvalue weighted by molar-refractivity contribution is 5.23. The van der Waals surface area contributed by atoms with E-state index in [4.69, 9.17) is 5.73 Å². The summed E-state index contributed by atoms with van der Waals surface area (Å²) in [5.41, 5.74) is 7.97. The zero-order chi connectivity index (χ0) is 9.42. The molecule has 0 radical (unpaired) electrons. The Kier molecular flexibility index (Phi) is 1.96. The van der Waals surface area contributed by atoms with E-state index in [-0.39, 0.29) is 11.6 Å². The van der Waals surface area contributed by atoms with Crippen LogP contribution in [0.15, 0.2) is 16.9 Å². The monoisotopic (exact) mass is 178 g/mol. The quantitative estimate of drug-likeness (QED) is 0.712. The SMILES string of the molecule is Cc1[nH]c(=O)ccc1C(N)C1CC1. The van der Waals surface area contributed by atoms with Crippen molar-refractivity contribution in [2.45, 2.75) is 25.8 Å². The highest BCUT2D eigenvalue weighted by Gasteiger charge is 2.30. The summed E-state index contributed by atoms with van der Waals surface area (Å²) < 4.78 is 0. The van der Waals surface area contributed by atoms with Gasteiger partial charge in [-0.15, -0.1) is 0 Å². The van der Waals surface area contributed by atoms with Crippen LogP contribution in [0.1, 0.15) is 30.1 Å². The summed E-state index contributed by atoms with van der Waals surface area (Å²) in [4.78, 5) is 13.7. The first kappa shape index (κ1) is 8.51. The first-order valence-electron chi connectivity index (χ1n) is 4.64. The smallest absolute Gasteiger partial charge is 0.248 e. The van der Waals surface area contributed by atoms with Crippen molar-refractivity contribution in [2.75, 3.05) is 0 Å². The van der Waals surface area contributed by atoms with Crippen molar-refractivity contribution in [2.24, 2.45) is 11.7 Å². The molecule has 1 aromatic rings. The van der Waals surface area contributed by atoms with Gasteiger partial charge in [0.05, 0.1) is 0 Å². The second kappa shape index (κ2) is 3.00. The molecular weight excluding hydrogens is 164 g/mol. The Hall–Kier alpha value is -1.09. The third kappa shape index (κ3) is 1.65. The van der Waals surface area contributed by atoms with Crippen molar-refractivity contribution in [1.82, 2.24) is 4.98 Å². The van der Waals surface area contributed by atoms with Crippen LogP contribution in [0.4, 0.5) is 0 Å². The minimum Gasteiger partial charge on any atom is -0.326 e. The molecule has 0 spiro atoms. The van der Waals surface area contributed by atoms with Crippen LogP contribution < -0.4 is 11.3 Å². The fraction of sp³-hybridized carbons (Fsp3) is 0.500. The van der Waals surface area contributed by atoms with E-state index in [2.05, 4.69) is 4.98 Å². The highest BCUT2D eigenvalue weighted by atomic mass is 16.1. The summed E-state index contributed by atoms with van der Waals surface area (Å²) in [5, 5.41) is 0. The second-order valence-corrected chi connectivity index (χ2v) is 3.77. The molecule has 2 rings (SSSR count). The first-order chi connectivity index (χ1) is 6.18. The Morgan fingerprint density at radius 3 is 2.77 bits per heavy atom. The van der Waals surface area contributed by atoms with Crippen molar-refractivity contribution >= 4 is 0 Å². The zero-order valence-corrected chi connectivity index (χ0v) is 7.71. The summed E-state index contributed by atoms with van der Waals surface area (Å²) in [6.07, 6.45) is 2.44. The molecule has 0 aliphatic heterocycles. The number of aromatic amines is 1. The molecular formula is C10H14N2O. The van der Waals surface area contributed by atoms with E-state index >= 15 is 0 Å². The normalized spacial score (nSPS) is 18.6. The number of aryl methyl sites for hydroxylation is 1. The van der Waals surface area contributed by atoms with Gasteiger partial charge in [-0.2, -0.15) is 0 Å². The summed E-state index contributed by atoms with van der Waals surface area (Å²) >= 11 is 0. The number of hydrogen-bond donors (Lipinski definition) is 2. The van der Waals surface area contributed by atoms with Crippen LogP contribution in [0.3, 0.4) is 0 Å². The van der Waals surface area contributed by atoms with Crippen LogP contribution in [0.2, 0.25) is 0 Å². The number of nitrogens with two attached hydrogens (primary N) is 1. The molecule has 13 heavy (non-hydrogen) atoms. The van der Waals surface area contributed by atoms with Crippen LogP contribution >= 0.6 is 0 Å². The number of nitrogens with one attached hydrogen (secondary N) is 1. The van der Waals surface area contributed by atoms with E-state index in [0.29, 0.717) is 5.92 Å². The lowest BCUT2D eigenvalue weighted by Crippen LogP contribution is -2.17. The number of hydrogen-bond acceptors (Lipinski definition) is 2. The Morgan fingerprint density at radius 1 is 1.54 bits per heavy atom. The van der Waals surface area contributed by atoms with Crippen LogP contribution in [-0.4, -0.2) is 4.98 Å². The van der Waals surface area contributed by atoms with Gasteiger partial charge in [0.15, 0.2) is 0 Å². The Balaban J connectivity index is 2.33. The lowest BCUT2D eigenvalue weighted by atomic mass is 10.0. The molecule has 3 N–H and O–H groups in total. The van der Waals surface area contributed by atoms with E-state index in [1.165, 1.54) is 12.8 Å². The topological polar surface area (TPSA) is 58.9 Å². The molecule has 1 fully saturated rings. The van der Waals surface area contributed by atoms with Gasteiger partial charge in [0.2, 0.25) is 5.56 Å². The fourth-order valence-corrected chi connectivity index (χ4v) is 1.66. The molecule has 0 amide bonds. The van der Waals surface area contributed by atoms with Gasteiger partial charge >= 0.3 is 0 Å². The average Bonchev–Trinajstić information content (AvgIpc) is 2.85. The maximum absolute atomic E-state index is 11.0. The number of rotatable bonds is 2. The molecule has 0 bridgehead atoms. The van der Waals surface area contributed by atoms with Crippen LogP contribution in [-0.2, 0) is 0 Å². The van der Waals surface area contributed by atoms with Crippen LogP contribution in [0.5, 0.6) is 0 Å². The van der Waals surface area contributed by atoms with Gasteiger partial charge in [0.1, 0.15) is 0 Å². The molecule has 1 saturated carbocycles. The lowest BCUT2D eigenvalue weighted by molar-refractivity contribution is 0.625. The highest BCUT2D eigenvalue weighted by Crippen LogP contribution is 2.39. The van der Waals surface area contributed by atoms with Gasteiger partial charge < -0.3 is 10.7 Å². The third-order valence-electron chi connectivity index (χ3n) is 2.65. The van der Waals surface area contributed by atoms with Gasteiger partial charge in [-0.1, -0.05) is 6.07 Å². The Morgan fingerprint density at radius 2 is 2.23 bits per heavy atom. The third-order valence-corrected chi connectivity index (χ3v) is 2.65. The van der Waals surface area contributed by atoms with Crippen LogP contribution in [0, 0.1) is 12.8 Å². The van der Waals surface area contributed by atoms with Gasteiger partial charge in [0.25, 0.3) is 0 Å². The molecule has 0 aromatic carbocycles. The summed E-state index contributed by atoms with van der Waals surface area (Å²) in [6.45, 7) is 1.90. The van der Waals surface area contributed by atoms with E-state index in [1.54, 1.807) is 6.07 Å². The maximum atomic E-state index is 11.0. The Labute approximate surface area is 77.0 Å². The molecule has 1 aliphatic carbocycles. The van der Waals surface area contributed by atoms with Crippen molar-refractivity contribution in [1.29, 1.82) is 0 Å². The van der Waals surface area contributed by atoms with Crippen molar-refractivity contribution in [3.8, 4) is 0 Å². The summed E-state index contributed by atoms with van der Waals surface area (Å²) in [5.74, 6) is 0.629. The molecule has 1 aromatic heterocycles. The number of pyridine rings is 1. The molecule has 70 valence electrons. The molecule has 3 heteroatoms. The summed E-state index contributed by atoms with van der Waals surface area (Å²) in [6, 6.07) is 3.50. The predicted molar refractivity (Wildman–Crippen MR) is 51.5 cm³/mol. The molecule has 3 nitrogen and oxygen atoms in total. The van der Waals surface area contributed by atoms with E-state index < -0.39 is 0 Å². The van der Waals surface area contributed by atoms with E-state index in [9.17, 15) is 4.79 Å². The standard InChI is InChI=1S/C10H14N2O/c1-6-8(4-5-9(13)12-6)10(11)7-2-3-7/h4-5,7,10H,2-3,11H2,1H3,(H,12,13). The maximum Gasteiger partial charge on any atom is 0.248 e. The minimum atomic E-state index is -0.0516. The predicted octanol–water partition coefficient (Wildman–Crippen LogP) is 1.09. The van der Waals surface area contributed by atoms with Gasteiger partial charge in [-0.05, 0) is 31.2 Å². The van der Waals surface area contributed by atoms with Gasteiger partial charge in [0, 0.05) is 17.8 Å². The average molecular weight is 178 g/mol. The number of aromatic nitrogens is 1. The van der Waals surface area contributed by atoms with Crippen molar-refractivity contribution in [3.05, 3.63) is 33.7 Å². The van der Waals surface area contributed by atoms with Gasteiger partial charge in [-0.3, -0.25) is 4.79 Å². The summed E-state index contributed by atoms with van der Waals surface area (Å²) in [7, 11) is 0. The first-order valence-corrected chi connectivity index (χ1v) is 4.64. The van der Waals surface area contributed by atoms with E-state index in [1.807, 2.05) is 13.0 Å². The van der Waals surface area contributed by atoms with E-state index in [0.717, 1.165) is 11.3 Å². The molecule has 1 unspecified atom stereocenters. The molecule has 1 heterocycles. The van der Waals surface area contributed by atoms with Gasteiger partial charge in [-0.25, -0.2) is 0 Å². The van der Waals surface area contributed by atoms with Crippen molar-refractivity contribution in [3.63, 3.8) is 0 Å². The Bertz CT molecular complexity index is 365. The fourth-order valence-electron chi connectivity index (χ4n) is 1.66. The molecule has 1 aliphatic rings. The number of H-pyrrole nitrogens is 1. The molecule has 0 saturated heterocycles. The van der Waals surface area contributed by atoms with Crippen LogP contribution in [0.25, 0.3) is 0 Å². The second-order valence-electron chi connectivity index (χ2n) is 3.77. The molecule has 1 atom stereocenters. The van der Waals surface area contributed by atoms with Crippen molar-refractivity contribution < 1.29 is 0 Å². The lowest BCUT2D eigenvalue weighted by Gasteiger charge is -2.12. The minimum absolute atomic E-state index is 0.0516. The zero-order valence-electron chi connectivity index (χ0n) is 7.71.